The molecule has 0 amide bonds. The molecule has 0 fully saturated rings. The number of ether oxygens (including phenoxy) is 1. The van der Waals surface area contributed by atoms with Gasteiger partial charge < -0.3 is 10.1 Å². The molecule has 17 heavy (non-hydrogen) atoms. The van der Waals surface area contributed by atoms with E-state index < -0.39 is 0 Å². The first-order chi connectivity index (χ1) is 8.11. The number of hydrogen-bond acceptors (Lipinski definition) is 2. The first-order valence-corrected chi connectivity index (χ1v) is 6.29. The Morgan fingerprint density at radius 1 is 1.53 bits per heavy atom. The van der Waals surface area contributed by atoms with Crippen LogP contribution in [0.2, 0.25) is 0 Å². The summed E-state index contributed by atoms with van der Waals surface area (Å²) in [5, 5.41) is 3.54. The van der Waals surface area contributed by atoms with Gasteiger partial charge in [-0.25, -0.2) is 0 Å². The zero-order chi connectivity index (χ0) is 12.4. The number of benzene rings is 1. The molecule has 0 radical (unpaired) electrons. The molecule has 1 aromatic carbocycles. The van der Waals surface area contributed by atoms with Crippen LogP contribution in [0.15, 0.2) is 30.5 Å². The molecule has 0 aromatic heterocycles. The summed E-state index contributed by atoms with van der Waals surface area (Å²) in [7, 11) is 0. The van der Waals surface area contributed by atoms with Crippen LogP contribution < -0.4 is 5.32 Å². The van der Waals surface area contributed by atoms with Crippen molar-refractivity contribution in [1.29, 1.82) is 0 Å². The lowest BCUT2D eigenvalue weighted by Crippen LogP contribution is -2.34. The van der Waals surface area contributed by atoms with E-state index in [2.05, 4.69) is 43.9 Å². The van der Waals surface area contributed by atoms with Crippen LogP contribution >= 0.6 is 0 Å². The van der Waals surface area contributed by atoms with Gasteiger partial charge in [0.2, 0.25) is 0 Å². The molecule has 0 bridgehead atoms. The Hall–Kier alpha value is -1.44. The molecule has 0 unspecified atom stereocenters. The number of fused-ring (bicyclic) bond motifs is 1. The Morgan fingerprint density at radius 3 is 3.00 bits per heavy atom. The second-order valence-corrected chi connectivity index (χ2v) is 4.80. The van der Waals surface area contributed by atoms with Gasteiger partial charge in [-0.05, 0) is 38.8 Å². The van der Waals surface area contributed by atoms with Crippen LogP contribution in [0.4, 0.5) is 5.69 Å². The quantitative estimate of drug-likeness (QED) is 0.804. The maximum atomic E-state index is 5.56. The van der Waals surface area contributed by atoms with Crippen molar-refractivity contribution in [3.63, 3.8) is 0 Å². The molecule has 1 heterocycles. The van der Waals surface area contributed by atoms with Crippen molar-refractivity contribution in [3.05, 3.63) is 41.7 Å². The molecule has 0 saturated heterocycles. The molecule has 1 aromatic rings. The minimum atomic E-state index is 0.365. The van der Waals surface area contributed by atoms with Gasteiger partial charge in [0.25, 0.3) is 0 Å². The van der Waals surface area contributed by atoms with Crippen molar-refractivity contribution in [2.75, 3.05) is 11.9 Å². The molecule has 0 spiro atoms. The fourth-order valence-electron chi connectivity index (χ4n) is 2.48. The standard InChI is InChI=1S/C15H21NO/c1-5-17-12(4)14-9-13-8-10(2)6-7-15(13)16-11(14)3/h6-8,11,14,16H,4-5,9H2,1-3H3/t11-,14-/m1/s1. The van der Waals surface area contributed by atoms with Gasteiger partial charge >= 0.3 is 0 Å². The van der Waals surface area contributed by atoms with Crippen LogP contribution in [0.5, 0.6) is 0 Å². The predicted octanol–water partition coefficient (Wildman–Crippen LogP) is 3.52. The Bertz CT molecular complexity index is 425. The highest BCUT2D eigenvalue weighted by molar-refractivity contribution is 5.56. The monoisotopic (exact) mass is 231 g/mol. The molecule has 2 atom stereocenters. The Balaban J connectivity index is 2.22. The highest BCUT2D eigenvalue weighted by Gasteiger charge is 2.27. The molecule has 0 saturated carbocycles. The molecule has 1 aliphatic rings. The minimum Gasteiger partial charge on any atom is -0.498 e. The van der Waals surface area contributed by atoms with E-state index in [4.69, 9.17) is 4.74 Å². The second kappa shape index (κ2) is 4.82. The topological polar surface area (TPSA) is 21.3 Å². The Labute approximate surface area is 104 Å². The third-order valence-electron chi connectivity index (χ3n) is 3.43. The van der Waals surface area contributed by atoms with Crippen LogP contribution in [-0.2, 0) is 11.2 Å². The Kier molecular flexibility index (Phi) is 3.41. The summed E-state index contributed by atoms with van der Waals surface area (Å²) in [4.78, 5) is 0. The van der Waals surface area contributed by atoms with E-state index in [9.17, 15) is 0 Å². The SMILES string of the molecule is C=C(OCC)[C@@H]1Cc2cc(C)ccc2N[C@@H]1C. The predicted molar refractivity (Wildman–Crippen MR) is 72.2 cm³/mol. The van der Waals surface area contributed by atoms with E-state index in [0.717, 1.165) is 12.2 Å². The van der Waals surface area contributed by atoms with Crippen molar-refractivity contribution < 1.29 is 4.74 Å². The number of aryl methyl sites for hydroxylation is 1. The van der Waals surface area contributed by atoms with Crippen LogP contribution in [0.25, 0.3) is 0 Å². The van der Waals surface area contributed by atoms with Gasteiger partial charge in [0.05, 0.1) is 12.4 Å². The molecule has 2 nitrogen and oxygen atoms in total. The zero-order valence-electron chi connectivity index (χ0n) is 10.9. The summed E-state index contributed by atoms with van der Waals surface area (Å²) in [5.41, 5.74) is 3.93. The van der Waals surface area contributed by atoms with Crippen molar-refractivity contribution in [2.24, 2.45) is 5.92 Å². The lowest BCUT2D eigenvalue weighted by Gasteiger charge is -2.33. The van der Waals surface area contributed by atoms with E-state index in [1.165, 1.54) is 16.8 Å². The summed E-state index contributed by atoms with van der Waals surface area (Å²) in [5.74, 6) is 1.27. The number of anilines is 1. The van der Waals surface area contributed by atoms with Gasteiger partial charge in [0.15, 0.2) is 0 Å². The molecule has 0 aliphatic carbocycles. The number of nitrogens with one attached hydrogen (secondary N) is 1. The van der Waals surface area contributed by atoms with Gasteiger partial charge in [-0.2, -0.15) is 0 Å². The lowest BCUT2D eigenvalue weighted by atomic mass is 9.86. The van der Waals surface area contributed by atoms with Crippen molar-refractivity contribution in [2.45, 2.75) is 33.2 Å². The van der Waals surface area contributed by atoms with Gasteiger partial charge in [-0.15, -0.1) is 0 Å². The number of hydrogen-bond donors (Lipinski definition) is 1. The third-order valence-corrected chi connectivity index (χ3v) is 3.43. The molecule has 1 N–H and O–H groups in total. The average Bonchev–Trinajstić information content (AvgIpc) is 2.29. The van der Waals surface area contributed by atoms with E-state index >= 15 is 0 Å². The van der Waals surface area contributed by atoms with E-state index in [1.54, 1.807) is 0 Å². The molecule has 2 rings (SSSR count). The maximum Gasteiger partial charge on any atom is 0.0942 e. The van der Waals surface area contributed by atoms with Crippen molar-refractivity contribution in [3.8, 4) is 0 Å². The van der Waals surface area contributed by atoms with Crippen molar-refractivity contribution in [1.82, 2.24) is 0 Å². The van der Waals surface area contributed by atoms with Crippen LogP contribution in [0, 0.1) is 12.8 Å². The summed E-state index contributed by atoms with van der Waals surface area (Å²) >= 11 is 0. The highest BCUT2D eigenvalue weighted by atomic mass is 16.5. The lowest BCUT2D eigenvalue weighted by molar-refractivity contribution is 0.184. The summed E-state index contributed by atoms with van der Waals surface area (Å²) in [6.07, 6.45) is 1.02. The highest BCUT2D eigenvalue weighted by Crippen LogP contribution is 2.32. The molecule has 1 aliphatic heterocycles. The van der Waals surface area contributed by atoms with Gasteiger partial charge in [-0.1, -0.05) is 24.3 Å². The van der Waals surface area contributed by atoms with Gasteiger partial charge in [0, 0.05) is 17.6 Å². The van der Waals surface area contributed by atoms with Crippen LogP contribution in [0.1, 0.15) is 25.0 Å². The van der Waals surface area contributed by atoms with Crippen LogP contribution in [-0.4, -0.2) is 12.6 Å². The van der Waals surface area contributed by atoms with Gasteiger partial charge in [0.1, 0.15) is 0 Å². The molecule has 92 valence electrons. The fourth-order valence-corrected chi connectivity index (χ4v) is 2.48. The minimum absolute atomic E-state index is 0.365. The third kappa shape index (κ3) is 2.46. The summed E-state index contributed by atoms with van der Waals surface area (Å²) in [6, 6.07) is 6.95. The number of rotatable bonds is 3. The second-order valence-electron chi connectivity index (χ2n) is 4.80. The fraction of sp³-hybridized carbons (Fsp3) is 0.467. The first-order valence-electron chi connectivity index (χ1n) is 6.29. The van der Waals surface area contributed by atoms with Crippen LogP contribution in [0.3, 0.4) is 0 Å². The largest absolute Gasteiger partial charge is 0.498 e. The van der Waals surface area contributed by atoms with E-state index in [1.807, 2.05) is 6.92 Å². The molecular weight excluding hydrogens is 210 g/mol. The van der Waals surface area contributed by atoms with E-state index in [-0.39, 0.29) is 0 Å². The Morgan fingerprint density at radius 2 is 2.29 bits per heavy atom. The maximum absolute atomic E-state index is 5.56. The normalized spacial score (nSPS) is 22.5. The zero-order valence-corrected chi connectivity index (χ0v) is 10.9. The molecular formula is C15H21NO. The summed E-state index contributed by atoms with van der Waals surface area (Å²) in [6.45, 7) is 11.1. The average molecular weight is 231 g/mol. The van der Waals surface area contributed by atoms with Gasteiger partial charge in [-0.3, -0.25) is 0 Å². The molecule has 2 heteroatoms. The summed E-state index contributed by atoms with van der Waals surface area (Å²) < 4.78 is 5.56. The smallest absolute Gasteiger partial charge is 0.0942 e. The first kappa shape index (κ1) is 12.0. The van der Waals surface area contributed by atoms with E-state index in [0.29, 0.717) is 18.6 Å². The van der Waals surface area contributed by atoms with Crippen molar-refractivity contribution >= 4 is 5.69 Å².